The maximum Gasteiger partial charge on any atom is 0.132 e. The predicted octanol–water partition coefficient (Wildman–Crippen LogP) is 7.82. The Morgan fingerprint density at radius 3 is 1.48 bits per heavy atom. The van der Waals surface area contributed by atoms with E-state index in [-0.39, 0.29) is 19.0 Å². The zero-order valence-electron chi connectivity index (χ0n) is 28.4. The number of methoxy groups -OCH3 is 2. The highest BCUT2D eigenvalue weighted by atomic mass is 16.6. The molecule has 5 aromatic rings. The van der Waals surface area contributed by atoms with Gasteiger partial charge in [-0.2, -0.15) is 0 Å². The van der Waals surface area contributed by atoms with Gasteiger partial charge >= 0.3 is 0 Å². The molecule has 0 saturated carbocycles. The summed E-state index contributed by atoms with van der Waals surface area (Å²) in [5.41, 5.74) is 4.46. The predicted molar refractivity (Wildman–Crippen MR) is 190 cm³/mol. The van der Waals surface area contributed by atoms with E-state index < -0.39 is 30.5 Å². The van der Waals surface area contributed by atoms with Crippen LogP contribution in [-0.2, 0) is 50.1 Å². The highest BCUT2D eigenvalue weighted by molar-refractivity contribution is 5.52. The van der Waals surface area contributed by atoms with Gasteiger partial charge < -0.3 is 38.3 Å². The topological polar surface area (TPSA) is 84.8 Å². The Bertz CT molecular complexity index is 1720. The number of rotatable bonds is 16. The summed E-state index contributed by atoms with van der Waals surface area (Å²) in [7, 11) is 3.09. The molecule has 8 heteroatoms. The minimum Gasteiger partial charge on any atom is -0.507 e. The van der Waals surface area contributed by atoms with Gasteiger partial charge in [-0.1, -0.05) is 121 Å². The first-order valence-corrected chi connectivity index (χ1v) is 16.8. The molecule has 0 aliphatic carbocycles. The molecule has 0 unspecified atom stereocenters. The Balaban J connectivity index is 1.40. The summed E-state index contributed by atoms with van der Waals surface area (Å²) >= 11 is 0. The zero-order valence-corrected chi connectivity index (χ0v) is 28.4. The summed E-state index contributed by atoms with van der Waals surface area (Å²) in [5, 5.41) is 11.5. The Kier molecular flexibility index (Phi) is 12.5. The molecule has 0 bridgehead atoms. The first kappa shape index (κ1) is 35.1. The van der Waals surface area contributed by atoms with E-state index in [2.05, 4.69) is 0 Å². The Labute approximate surface area is 294 Å². The van der Waals surface area contributed by atoms with E-state index in [4.69, 9.17) is 33.2 Å². The molecule has 260 valence electrons. The van der Waals surface area contributed by atoms with Crippen LogP contribution in [0.4, 0.5) is 0 Å². The highest BCUT2D eigenvalue weighted by Crippen LogP contribution is 2.46. The van der Waals surface area contributed by atoms with Gasteiger partial charge in [0.1, 0.15) is 47.8 Å². The fourth-order valence-corrected chi connectivity index (χ4v) is 6.18. The second-order valence-electron chi connectivity index (χ2n) is 12.1. The molecule has 1 aliphatic rings. The quantitative estimate of drug-likeness (QED) is 0.113. The minimum absolute atomic E-state index is 0.0473. The van der Waals surface area contributed by atoms with Crippen molar-refractivity contribution >= 4 is 0 Å². The third-order valence-electron chi connectivity index (χ3n) is 8.72. The minimum atomic E-state index is -0.831. The third kappa shape index (κ3) is 9.09. The van der Waals surface area contributed by atoms with Gasteiger partial charge in [0.25, 0.3) is 0 Å². The van der Waals surface area contributed by atoms with Crippen molar-refractivity contribution in [3.8, 4) is 17.2 Å². The average molecular weight is 677 g/mol. The van der Waals surface area contributed by atoms with Crippen molar-refractivity contribution in [1.82, 2.24) is 0 Å². The molecule has 0 aromatic heterocycles. The van der Waals surface area contributed by atoms with E-state index in [0.29, 0.717) is 36.9 Å². The Hall–Kier alpha value is -4.70. The number of phenols is 1. The summed E-state index contributed by atoms with van der Waals surface area (Å²) in [6.07, 6.45) is -3.45. The lowest BCUT2D eigenvalue weighted by Gasteiger charge is -2.46. The van der Waals surface area contributed by atoms with Crippen LogP contribution in [-0.4, -0.2) is 50.3 Å². The van der Waals surface area contributed by atoms with E-state index in [0.717, 1.165) is 22.3 Å². The van der Waals surface area contributed by atoms with Crippen LogP contribution in [0.2, 0.25) is 0 Å². The van der Waals surface area contributed by atoms with Crippen molar-refractivity contribution in [2.45, 2.75) is 56.9 Å². The normalized spacial score (nSPS) is 20.3. The molecule has 1 heterocycles. The van der Waals surface area contributed by atoms with Crippen LogP contribution in [0.5, 0.6) is 17.2 Å². The molecular formula is C42H44O8. The molecule has 8 nitrogen and oxygen atoms in total. The number of benzene rings is 5. The van der Waals surface area contributed by atoms with Crippen molar-refractivity contribution in [1.29, 1.82) is 0 Å². The first-order chi connectivity index (χ1) is 24.6. The maximum absolute atomic E-state index is 11.5. The third-order valence-corrected chi connectivity index (χ3v) is 8.72. The molecule has 1 N–H and O–H groups in total. The Morgan fingerprint density at radius 2 is 1.00 bits per heavy atom. The number of hydrogen-bond donors (Lipinski definition) is 1. The molecule has 50 heavy (non-hydrogen) atoms. The van der Waals surface area contributed by atoms with Gasteiger partial charge in [-0.15, -0.1) is 0 Å². The SMILES string of the molecule is COc1cc(O)c([C@H]2O[C@H](COCc3ccccc3)[C@@H](OCc3ccccc3)[C@H](OCc3ccccc3)[C@@H]2OCc2ccccc2)c(OC)c1. The zero-order chi connectivity index (χ0) is 34.5. The number of phenolic OH excluding ortho intramolecular Hbond substituents is 1. The molecule has 5 atom stereocenters. The van der Waals surface area contributed by atoms with Gasteiger partial charge in [0, 0.05) is 12.1 Å². The summed E-state index contributed by atoms with van der Waals surface area (Å²) in [4.78, 5) is 0. The molecule has 5 aromatic carbocycles. The van der Waals surface area contributed by atoms with Crippen LogP contribution in [0.15, 0.2) is 133 Å². The van der Waals surface area contributed by atoms with Gasteiger partial charge in [0.15, 0.2) is 0 Å². The van der Waals surface area contributed by atoms with Crippen molar-refractivity contribution in [3.05, 3.63) is 161 Å². The lowest BCUT2D eigenvalue weighted by Crippen LogP contribution is -2.58. The van der Waals surface area contributed by atoms with Gasteiger partial charge in [-0.05, 0) is 22.3 Å². The first-order valence-electron chi connectivity index (χ1n) is 16.8. The fraction of sp³-hybridized carbons (Fsp3) is 0.286. The molecule has 1 saturated heterocycles. The van der Waals surface area contributed by atoms with E-state index in [1.807, 2.05) is 121 Å². The molecular weight excluding hydrogens is 632 g/mol. The second kappa shape index (κ2) is 17.8. The van der Waals surface area contributed by atoms with Gasteiger partial charge in [0.05, 0.1) is 52.8 Å². The van der Waals surface area contributed by atoms with Crippen molar-refractivity contribution in [3.63, 3.8) is 0 Å². The lowest BCUT2D eigenvalue weighted by molar-refractivity contribution is -0.275. The van der Waals surface area contributed by atoms with Crippen LogP contribution in [0.1, 0.15) is 33.9 Å². The van der Waals surface area contributed by atoms with Crippen molar-refractivity contribution < 1.29 is 38.3 Å². The molecule has 0 radical (unpaired) electrons. The second-order valence-corrected chi connectivity index (χ2v) is 12.1. The highest BCUT2D eigenvalue weighted by Gasteiger charge is 2.50. The molecule has 0 amide bonds. The Morgan fingerprint density at radius 1 is 0.540 bits per heavy atom. The van der Waals surface area contributed by atoms with Gasteiger partial charge in [-0.3, -0.25) is 0 Å². The molecule has 6 rings (SSSR count). The van der Waals surface area contributed by atoms with Crippen LogP contribution >= 0.6 is 0 Å². The molecule has 1 fully saturated rings. The number of ether oxygens (including phenoxy) is 7. The van der Waals surface area contributed by atoms with Crippen molar-refractivity contribution in [2.75, 3.05) is 20.8 Å². The van der Waals surface area contributed by atoms with E-state index in [1.54, 1.807) is 26.4 Å². The summed E-state index contributed by atoms with van der Waals surface area (Å²) in [5.74, 6) is 0.799. The summed E-state index contributed by atoms with van der Waals surface area (Å²) in [6, 6.07) is 43.2. The number of aromatic hydroxyl groups is 1. The van der Waals surface area contributed by atoms with E-state index >= 15 is 0 Å². The van der Waals surface area contributed by atoms with Crippen LogP contribution in [0.25, 0.3) is 0 Å². The lowest BCUT2D eigenvalue weighted by atomic mass is 9.89. The van der Waals surface area contributed by atoms with Crippen LogP contribution in [0.3, 0.4) is 0 Å². The van der Waals surface area contributed by atoms with Gasteiger partial charge in [-0.25, -0.2) is 0 Å². The van der Waals surface area contributed by atoms with Crippen LogP contribution in [0, 0.1) is 0 Å². The standard InChI is InChI=1S/C42H44O8/c1-44-34-23-35(43)38(36(24-34)45-2)40-42(49-28-33-21-13-6-14-22-33)41(48-27-32-19-11-5-12-20-32)39(47-26-31-17-9-4-10-18-31)37(50-40)29-46-25-30-15-7-3-8-16-30/h3-24,37,39-43H,25-29H2,1-2H3/t37-,39-,40-,41+,42-/m1/s1. The molecule has 0 spiro atoms. The fourth-order valence-electron chi connectivity index (χ4n) is 6.18. The van der Waals surface area contributed by atoms with Crippen molar-refractivity contribution in [2.24, 2.45) is 0 Å². The number of hydrogen-bond acceptors (Lipinski definition) is 8. The van der Waals surface area contributed by atoms with Gasteiger partial charge in [0.2, 0.25) is 0 Å². The average Bonchev–Trinajstić information content (AvgIpc) is 3.17. The molecule has 1 aliphatic heterocycles. The smallest absolute Gasteiger partial charge is 0.132 e. The van der Waals surface area contributed by atoms with Crippen LogP contribution < -0.4 is 9.47 Å². The monoisotopic (exact) mass is 676 g/mol. The largest absolute Gasteiger partial charge is 0.507 e. The maximum atomic E-state index is 11.5. The van der Waals surface area contributed by atoms with E-state index in [1.165, 1.54) is 0 Å². The summed E-state index contributed by atoms with van der Waals surface area (Å²) < 4.78 is 44.9. The van der Waals surface area contributed by atoms with E-state index in [9.17, 15) is 5.11 Å². The summed E-state index contributed by atoms with van der Waals surface area (Å²) in [6.45, 7) is 1.48.